The van der Waals surface area contributed by atoms with E-state index in [2.05, 4.69) is 28.0 Å². The summed E-state index contributed by atoms with van der Waals surface area (Å²) in [6, 6.07) is 8.08. The van der Waals surface area contributed by atoms with Crippen LogP contribution in [-0.4, -0.2) is 34.0 Å². The Labute approximate surface area is 154 Å². The van der Waals surface area contributed by atoms with Crippen molar-refractivity contribution in [3.8, 4) is 11.4 Å². The highest BCUT2D eigenvalue weighted by atomic mass is 16.5. The number of amides is 1. The largest absolute Gasteiger partial charge is 0.342 e. The molecule has 1 atom stereocenters. The molecule has 26 heavy (non-hydrogen) atoms. The maximum absolute atomic E-state index is 12.7. The monoisotopic (exact) mass is 353 g/mol. The molecule has 2 fully saturated rings. The van der Waals surface area contributed by atoms with Crippen LogP contribution in [0.1, 0.15) is 50.0 Å². The van der Waals surface area contributed by atoms with Gasteiger partial charge in [-0.15, -0.1) is 0 Å². The molecule has 138 valence electrons. The van der Waals surface area contributed by atoms with Crippen molar-refractivity contribution in [2.45, 2.75) is 51.9 Å². The van der Waals surface area contributed by atoms with E-state index in [9.17, 15) is 4.79 Å². The molecule has 5 heteroatoms. The van der Waals surface area contributed by atoms with E-state index in [1.54, 1.807) is 0 Å². The van der Waals surface area contributed by atoms with Crippen LogP contribution >= 0.6 is 0 Å². The van der Waals surface area contributed by atoms with Crippen molar-refractivity contribution in [2.75, 3.05) is 13.1 Å². The molecule has 1 aliphatic heterocycles. The van der Waals surface area contributed by atoms with Crippen LogP contribution in [0.25, 0.3) is 11.4 Å². The third-order valence-corrected chi connectivity index (χ3v) is 5.85. The summed E-state index contributed by atoms with van der Waals surface area (Å²) in [5.41, 5.74) is 2.16. The zero-order valence-electron chi connectivity index (χ0n) is 15.5. The van der Waals surface area contributed by atoms with Crippen molar-refractivity contribution in [2.24, 2.45) is 11.8 Å². The Morgan fingerprint density at radius 3 is 2.81 bits per heavy atom. The van der Waals surface area contributed by atoms with E-state index in [4.69, 9.17) is 4.52 Å². The number of carbonyl (C=O) groups is 1. The number of rotatable bonds is 4. The fourth-order valence-electron chi connectivity index (χ4n) is 4.38. The normalized spacial score (nSPS) is 21.3. The second-order valence-electron chi connectivity index (χ2n) is 7.80. The van der Waals surface area contributed by atoms with Gasteiger partial charge in [0.2, 0.25) is 17.6 Å². The summed E-state index contributed by atoms with van der Waals surface area (Å²) in [5.74, 6) is 2.40. The van der Waals surface area contributed by atoms with Gasteiger partial charge < -0.3 is 9.42 Å². The number of benzene rings is 1. The zero-order chi connectivity index (χ0) is 17.9. The van der Waals surface area contributed by atoms with Crippen LogP contribution in [0.3, 0.4) is 0 Å². The van der Waals surface area contributed by atoms with Gasteiger partial charge >= 0.3 is 0 Å². The highest BCUT2D eigenvalue weighted by Crippen LogP contribution is 2.29. The van der Waals surface area contributed by atoms with Gasteiger partial charge in [-0.25, -0.2) is 0 Å². The minimum Gasteiger partial charge on any atom is -0.342 e. The molecule has 2 heterocycles. The van der Waals surface area contributed by atoms with E-state index in [-0.39, 0.29) is 5.92 Å². The number of hydrogen-bond acceptors (Lipinski definition) is 4. The summed E-state index contributed by atoms with van der Waals surface area (Å²) in [7, 11) is 0. The first-order chi connectivity index (χ1) is 12.7. The van der Waals surface area contributed by atoms with E-state index in [0.717, 1.165) is 56.3 Å². The molecule has 1 aromatic carbocycles. The lowest BCUT2D eigenvalue weighted by Gasteiger charge is -2.33. The Bertz CT molecular complexity index is 764. The molecule has 1 saturated heterocycles. The van der Waals surface area contributed by atoms with Crippen molar-refractivity contribution < 1.29 is 9.32 Å². The Kier molecular flexibility index (Phi) is 5.05. The highest BCUT2D eigenvalue weighted by Gasteiger charge is 2.31. The van der Waals surface area contributed by atoms with Crippen LogP contribution < -0.4 is 0 Å². The zero-order valence-corrected chi connectivity index (χ0v) is 15.5. The molecule has 2 aromatic rings. The number of carbonyl (C=O) groups excluding carboxylic acids is 1. The molecule has 5 nitrogen and oxygen atoms in total. The minimum atomic E-state index is 0.268. The SMILES string of the molecule is Cc1ccccc1-c1noc(CC2CCCN(C(=O)C3CCCC3)C2)n1. The Hall–Kier alpha value is -2.17. The molecular formula is C21H27N3O2. The molecule has 1 aliphatic carbocycles. The predicted molar refractivity (Wildman–Crippen MR) is 99.4 cm³/mol. The molecule has 0 bridgehead atoms. The molecule has 0 N–H and O–H groups in total. The average molecular weight is 353 g/mol. The lowest BCUT2D eigenvalue weighted by molar-refractivity contribution is -0.137. The Morgan fingerprint density at radius 1 is 1.19 bits per heavy atom. The molecule has 1 unspecified atom stereocenters. The highest BCUT2D eigenvalue weighted by molar-refractivity contribution is 5.79. The van der Waals surface area contributed by atoms with Gasteiger partial charge in [0, 0.05) is 31.0 Å². The van der Waals surface area contributed by atoms with Crippen molar-refractivity contribution in [1.82, 2.24) is 15.0 Å². The van der Waals surface area contributed by atoms with Crippen molar-refractivity contribution in [3.05, 3.63) is 35.7 Å². The maximum atomic E-state index is 12.7. The molecule has 1 amide bonds. The first-order valence-electron chi connectivity index (χ1n) is 9.88. The van der Waals surface area contributed by atoms with Gasteiger partial charge in [-0.2, -0.15) is 4.98 Å². The van der Waals surface area contributed by atoms with E-state index < -0.39 is 0 Å². The van der Waals surface area contributed by atoms with E-state index in [1.165, 1.54) is 12.8 Å². The van der Waals surface area contributed by atoms with Crippen LogP contribution in [0.4, 0.5) is 0 Å². The van der Waals surface area contributed by atoms with E-state index in [0.29, 0.717) is 23.5 Å². The second-order valence-corrected chi connectivity index (χ2v) is 7.80. The Balaban J connectivity index is 1.39. The first-order valence-corrected chi connectivity index (χ1v) is 9.88. The van der Waals surface area contributed by atoms with Gasteiger partial charge in [-0.3, -0.25) is 4.79 Å². The molecule has 1 saturated carbocycles. The lowest BCUT2D eigenvalue weighted by Crippen LogP contribution is -2.43. The van der Waals surface area contributed by atoms with Crippen LogP contribution in [0.2, 0.25) is 0 Å². The second kappa shape index (κ2) is 7.60. The van der Waals surface area contributed by atoms with Crippen LogP contribution in [0.5, 0.6) is 0 Å². The van der Waals surface area contributed by atoms with Gasteiger partial charge in [-0.05, 0) is 44.1 Å². The summed E-state index contributed by atoms with van der Waals surface area (Å²) in [5, 5.41) is 4.16. The van der Waals surface area contributed by atoms with E-state index in [1.807, 2.05) is 18.2 Å². The number of nitrogens with zero attached hydrogens (tertiary/aromatic N) is 3. The third-order valence-electron chi connectivity index (χ3n) is 5.85. The lowest BCUT2D eigenvalue weighted by atomic mass is 9.93. The van der Waals surface area contributed by atoms with Crippen LogP contribution in [-0.2, 0) is 11.2 Å². The number of piperidine rings is 1. The van der Waals surface area contributed by atoms with E-state index >= 15 is 0 Å². The van der Waals surface area contributed by atoms with Gasteiger partial charge in [-0.1, -0.05) is 42.3 Å². The number of aryl methyl sites for hydroxylation is 1. The molecule has 4 rings (SSSR count). The molecule has 2 aliphatic rings. The summed E-state index contributed by atoms with van der Waals surface area (Å²) < 4.78 is 5.51. The molecule has 0 spiro atoms. The minimum absolute atomic E-state index is 0.268. The van der Waals surface area contributed by atoms with Crippen LogP contribution in [0, 0.1) is 18.8 Å². The quantitative estimate of drug-likeness (QED) is 0.833. The number of hydrogen-bond donors (Lipinski definition) is 0. The molecule has 1 aromatic heterocycles. The first kappa shape index (κ1) is 17.3. The summed E-state index contributed by atoms with van der Waals surface area (Å²) in [6.45, 7) is 3.79. The topological polar surface area (TPSA) is 59.2 Å². The van der Waals surface area contributed by atoms with Gasteiger partial charge in [0.05, 0.1) is 0 Å². The van der Waals surface area contributed by atoms with Gasteiger partial charge in [0.15, 0.2) is 0 Å². The fraction of sp³-hybridized carbons (Fsp3) is 0.571. The van der Waals surface area contributed by atoms with Gasteiger partial charge in [0.1, 0.15) is 0 Å². The van der Waals surface area contributed by atoms with Crippen molar-refractivity contribution >= 4 is 5.91 Å². The molecule has 0 radical (unpaired) electrons. The summed E-state index contributed by atoms with van der Waals surface area (Å²) >= 11 is 0. The average Bonchev–Trinajstić information content (AvgIpc) is 3.34. The number of aromatic nitrogens is 2. The smallest absolute Gasteiger partial charge is 0.227 e. The van der Waals surface area contributed by atoms with Crippen LogP contribution in [0.15, 0.2) is 28.8 Å². The summed E-state index contributed by atoms with van der Waals surface area (Å²) in [4.78, 5) is 19.4. The molecular weight excluding hydrogens is 326 g/mol. The Morgan fingerprint density at radius 2 is 2.00 bits per heavy atom. The van der Waals surface area contributed by atoms with Crippen molar-refractivity contribution in [3.63, 3.8) is 0 Å². The number of likely N-dealkylation sites (tertiary alicyclic amines) is 1. The van der Waals surface area contributed by atoms with Crippen molar-refractivity contribution in [1.29, 1.82) is 0 Å². The third kappa shape index (κ3) is 3.67. The maximum Gasteiger partial charge on any atom is 0.227 e. The van der Waals surface area contributed by atoms with Gasteiger partial charge in [0.25, 0.3) is 0 Å². The fourth-order valence-corrected chi connectivity index (χ4v) is 4.38. The predicted octanol–water partition coefficient (Wildman–Crippen LogP) is 4.02. The summed E-state index contributed by atoms with van der Waals surface area (Å²) in [6.07, 6.45) is 7.51. The standard InChI is InChI=1S/C21H27N3O2/c1-15-7-2-5-11-18(15)20-22-19(26-23-20)13-16-8-6-12-24(14-16)21(25)17-9-3-4-10-17/h2,5,7,11,16-17H,3-4,6,8-10,12-14H2,1H3.